The molecule has 2 heterocycles. The predicted molar refractivity (Wildman–Crippen MR) is 124 cm³/mol. The smallest absolute Gasteiger partial charge is 0.340 e. The molecule has 170 valence electrons. The first-order valence-corrected chi connectivity index (χ1v) is 10.6. The van der Waals surface area contributed by atoms with E-state index in [0.29, 0.717) is 27.7 Å². The number of carbonyl (C=O) groups excluding carboxylic acids is 1. The van der Waals surface area contributed by atoms with Gasteiger partial charge in [0, 0.05) is 22.4 Å². The van der Waals surface area contributed by atoms with Gasteiger partial charge in [0.25, 0.3) is 0 Å². The summed E-state index contributed by atoms with van der Waals surface area (Å²) in [6.07, 6.45) is 1.41. The van der Waals surface area contributed by atoms with Gasteiger partial charge in [0.2, 0.25) is 5.91 Å². The predicted octanol–water partition coefficient (Wildman–Crippen LogP) is 4.63. The van der Waals surface area contributed by atoms with Crippen LogP contribution in [-0.4, -0.2) is 17.0 Å². The molecule has 1 amide bonds. The highest BCUT2D eigenvalue weighted by Gasteiger charge is 2.25. The molecule has 0 unspecified atom stereocenters. The van der Waals surface area contributed by atoms with Crippen molar-refractivity contribution >= 4 is 33.8 Å². The van der Waals surface area contributed by atoms with Crippen molar-refractivity contribution in [3.63, 3.8) is 0 Å². The maximum absolute atomic E-state index is 12.7. The van der Waals surface area contributed by atoms with E-state index in [2.05, 4.69) is 26.1 Å². The Balaban J connectivity index is 1.71. The number of carbonyl (C=O) groups is 2. The molecule has 7 nitrogen and oxygen atoms in total. The van der Waals surface area contributed by atoms with Crippen molar-refractivity contribution in [1.82, 2.24) is 5.32 Å². The number of furan rings is 1. The number of nitrogens with one attached hydrogen (secondary N) is 1. The van der Waals surface area contributed by atoms with Crippen LogP contribution in [-0.2, 0) is 21.4 Å². The maximum Gasteiger partial charge on any atom is 0.340 e. The summed E-state index contributed by atoms with van der Waals surface area (Å²) < 4.78 is 11.2. The van der Waals surface area contributed by atoms with E-state index >= 15 is 0 Å². The first-order valence-electron chi connectivity index (χ1n) is 10.6. The molecule has 7 heteroatoms. The van der Waals surface area contributed by atoms with Gasteiger partial charge in [-0.3, -0.25) is 4.79 Å². The lowest BCUT2D eigenvalue weighted by atomic mass is 9.86. The second kappa shape index (κ2) is 8.24. The summed E-state index contributed by atoms with van der Waals surface area (Å²) in [6, 6.07) is 10.8. The Hall–Kier alpha value is -3.87. The van der Waals surface area contributed by atoms with Gasteiger partial charge in [0.15, 0.2) is 6.04 Å². The average Bonchev–Trinajstić information content (AvgIpc) is 3.17. The van der Waals surface area contributed by atoms with Crippen LogP contribution < -0.4 is 10.9 Å². The highest BCUT2D eigenvalue weighted by atomic mass is 16.4. The van der Waals surface area contributed by atoms with Gasteiger partial charge >= 0.3 is 11.6 Å². The Morgan fingerprint density at radius 2 is 1.76 bits per heavy atom. The first-order chi connectivity index (χ1) is 15.6. The molecule has 4 rings (SSSR count). The number of rotatable bonds is 5. The van der Waals surface area contributed by atoms with Gasteiger partial charge in [-0.1, -0.05) is 51.1 Å². The van der Waals surface area contributed by atoms with Crippen molar-refractivity contribution < 1.29 is 23.5 Å². The third kappa shape index (κ3) is 4.26. The van der Waals surface area contributed by atoms with E-state index in [1.165, 1.54) is 0 Å². The molecule has 0 aliphatic heterocycles. The van der Waals surface area contributed by atoms with Crippen molar-refractivity contribution in [1.29, 1.82) is 0 Å². The molecule has 0 saturated carbocycles. The fraction of sp³-hybridized carbons (Fsp3) is 0.269. The normalized spacial score (nSPS) is 12.7. The Labute approximate surface area is 190 Å². The number of hydrogen-bond acceptors (Lipinski definition) is 5. The quantitative estimate of drug-likeness (QED) is 0.432. The maximum atomic E-state index is 12.7. The van der Waals surface area contributed by atoms with E-state index in [9.17, 15) is 19.5 Å². The molecule has 0 saturated heterocycles. The van der Waals surface area contributed by atoms with E-state index in [0.717, 1.165) is 10.9 Å². The van der Waals surface area contributed by atoms with Crippen molar-refractivity contribution in [2.45, 2.75) is 45.6 Å². The minimum atomic E-state index is -1.22. The van der Waals surface area contributed by atoms with Crippen LogP contribution in [0.3, 0.4) is 0 Å². The lowest BCUT2D eigenvalue weighted by molar-refractivity contribution is -0.142. The minimum Gasteiger partial charge on any atom is -0.479 e. The lowest BCUT2D eigenvalue weighted by Crippen LogP contribution is -2.35. The van der Waals surface area contributed by atoms with Crippen LogP contribution in [0.5, 0.6) is 0 Å². The van der Waals surface area contributed by atoms with E-state index < -0.39 is 23.5 Å². The highest BCUT2D eigenvalue weighted by Crippen LogP contribution is 2.35. The Morgan fingerprint density at radius 1 is 1.06 bits per heavy atom. The second-order valence-electron chi connectivity index (χ2n) is 9.16. The molecule has 0 spiro atoms. The minimum absolute atomic E-state index is 0.144. The van der Waals surface area contributed by atoms with Crippen LogP contribution in [0.15, 0.2) is 62.4 Å². The molecule has 0 aliphatic rings. The van der Waals surface area contributed by atoms with Gasteiger partial charge in [-0.15, -0.1) is 0 Å². The fourth-order valence-electron chi connectivity index (χ4n) is 4.00. The SMILES string of the molecule is Cc1c(CC(=O)N[C@@H](C(=O)O)c2ccccc2)c(=O)oc2cc3occ(C(C)(C)C)c3cc12. The zero-order valence-electron chi connectivity index (χ0n) is 18.9. The summed E-state index contributed by atoms with van der Waals surface area (Å²) in [5, 5.41) is 13.7. The van der Waals surface area contributed by atoms with Crippen LogP contribution in [0.2, 0.25) is 0 Å². The third-order valence-corrected chi connectivity index (χ3v) is 5.81. The van der Waals surface area contributed by atoms with Crippen LogP contribution in [0.25, 0.3) is 21.9 Å². The molecular weight excluding hydrogens is 422 g/mol. The van der Waals surface area contributed by atoms with E-state index in [-0.39, 0.29) is 17.4 Å². The molecule has 4 aromatic rings. The zero-order valence-corrected chi connectivity index (χ0v) is 18.9. The van der Waals surface area contributed by atoms with Gasteiger partial charge in [0.05, 0.1) is 18.2 Å². The number of carboxylic acids is 1. The molecule has 0 fully saturated rings. The van der Waals surface area contributed by atoms with E-state index in [1.807, 2.05) is 6.07 Å². The molecule has 1 atom stereocenters. The Morgan fingerprint density at radius 3 is 2.39 bits per heavy atom. The average molecular weight is 447 g/mol. The number of aliphatic carboxylic acids is 1. The summed E-state index contributed by atoms with van der Waals surface area (Å²) in [5.41, 5.74) is 2.49. The Kier molecular flexibility index (Phi) is 5.57. The molecule has 0 radical (unpaired) electrons. The standard InChI is InChI=1S/C26H25NO6/c1-14-16-10-18-19(26(2,3)4)13-32-20(18)12-21(16)33-25(31)17(14)11-22(28)27-23(24(29)30)15-8-6-5-7-9-15/h5-10,12-13,23H,11H2,1-4H3,(H,27,28)(H,29,30)/t23-/m1/s1. The van der Waals surface area contributed by atoms with Crippen molar-refractivity contribution in [2.75, 3.05) is 0 Å². The number of benzene rings is 2. The molecule has 33 heavy (non-hydrogen) atoms. The number of amides is 1. The van der Waals surface area contributed by atoms with Gasteiger partial charge in [0.1, 0.15) is 11.2 Å². The molecule has 2 aromatic carbocycles. The molecule has 2 aromatic heterocycles. The van der Waals surface area contributed by atoms with Gasteiger partial charge < -0.3 is 19.3 Å². The summed E-state index contributed by atoms with van der Waals surface area (Å²) >= 11 is 0. The summed E-state index contributed by atoms with van der Waals surface area (Å²) in [5.74, 6) is -1.77. The van der Waals surface area contributed by atoms with E-state index in [4.69, 9.17) is 8.83 Å². The van der Waals surface area contributed by atoms with Crippen LogP contribution in [0.1, 0.15) is 49.1 Å². The number of aryl methyl sites for hydroxylation is 1. The fourth-order valence-corrected chi connectivity index (χ4v) is 4.00. The number of carboxylic acid groups (broad SMARTS) is 1. The molecule has 2 N–H and O–H groups in total. The first kappa shape index (κ1) is 22.3. The third-order valence-electron chi connectivity index (χ3n) is 5.81. The molecule has 0 bridgehead atoms. The molecule has 0 aliphatic carbocycles. The van der Waals surface area contributed by atoms with Gasteiger partial charge in [-0.25, -0.2) is 9.59 Å². The van der Waals surface area contributed by atoms with Crippen LogP contribution >= 0.6 is 0 Å². The van der Waals surface area contributed by atoms with Crippen molar-refractivity contribution in [2.24, 2.45) is 0 Å². The molecular formula is C26H25NO6. The van der Waals surface area contributed by atoms with E-state index in [1.54, 1.807) is 49.6 Å². The summed E-state index contributed by atoms with van der Waals surface area (Å²) in [6.45, 7) is 8.01. The summed E-state index contributed by atoms with van der Waals surface area (Å²) in [4.78, 5) is 37.1. The highest BCUT2D eigenvalue weighted by molar-refractivity contribution is 5.97. The van der Waals surface area contributed by atoms with Crippen molar-refractivity contribution in [3.8, 4) is 0 Å². The Bertz CT molecular complexity index is 1420. The lowest BCUT2D eigenvalue weighted by Gasteiger charge is -2.17. The van der Waals surface area contributed by atoms with Gasteiger partial charge in [-0.2, -0.15) is 0 Å². The largest absolute Gasteiger partial charge is 0.479 e. The zero-order chi connectivity index (χ0) is 23.9. The van der Waals surface area contributed by atoms with Crippen LogP contribution in [0.4, 0.5) is 0 Å². The topological polar surface area (TPSA) is 110 Å². The van der Waals surface area contributed by atoms with Gasteiger partial charge in [-0.05, 0) is 29.5 Å². The summed E-state index contributed by atoms with van der Waals surface area (Å²) in [7, 11) is 0. The number of hydrogen-bond donors (Lipinski definition) is 2. The van der Waals surface area contributed by atoms with Crippen molar-refractivity contribution in [3.05, 3.63) is 81.4 Å². The van der Waals surface area contributed by atoms with Crippen LogP contribution in [0, 0.1) is 6.92 Å². The monoisotopic (exact) mass is 447 g/mol. The number of fused-ring (bicyclic) bond motifs is 2. The second-order valence-corrected chi connectivity index (χ2v) is 9.16.